The van der Waals surface area contributed by atoms with E-state index in [9.17, 15) is 39.9 Å². The number of aryl methyl sites for hydroxylation is 2. The number of rotatable bonds is 17. The number of ether oxygens (including phenoxy) is 4. The lowest BCUT2D eigenvalue weighted by molar-refractivity contribution is -0.572. The van der Waals surface area contributed by atoms with E-state index >= 15 is 0 Å². The van der Waals surface area contributed by atoms with Crippen LogP contribution in [-0.2, 0) is 30.2 Å². The Morgan fingerprint density at radius 3 is 2.18 bits per heavy atom. The number of furan rings is 1. The minimum absolute atomic E-state index is 0.136. The number of hydrogen-bond acceptors (Lipinski definition) is 7. The molecule has 0 aliphatic carbocycles. The third kappa shape index (κ3) is 11.3. The van der Waals surface area contributed by atoms with Crippen molar-refractivity contribution in [3.05, 3.63) is 65.7 Å². The molecule has 0 radical (unpaired) electrons. The molecule has 6 nitrogen and oxygen atoms in total. The molecule has 0 fully saturated rings. The first-order chi connectivity index (χ1) is 20.8. The molecular formula is C30H30F8O6S. The van der Waals surface area contributed by atoms with Crippen LogP contribution < -0.4 is 0 Å². The van der Waals surface area contributed by atoms with E-state index in [4.69, 9.17) is 4.42 Å². The van der Waals surface area contributed by atoms with E-state index in [1.54, 1.807) is 12.1 Å². The van der Waals surface area contributed by atoms with Gasteiger partial charge in [0.25, 0.3) is 0 Å². The van der Waals surface area contributed by atoms with Gasteiger partial charge in [0.1, 0.15) is 11.3 Å². The Labute approximate surface area is 257 Å². The number of benzene rings is 2. The van der Waals surface area contributed by atoms with Crippen molar-refractivity contribution in [2.45, 2.75) is 76.2 Å². The summed E-state index contributed by atoms with van der Waals surface area (Å²) in [6.45, 7) is 6.04. The van der Waals surface area contributed by atoms with Crippen LogP contribution in [0.25, 0.3) is 22.3 Å². The van der Waals surface area contributed by atoms with E-state index < -0.39 is 43.1 Å². The highest BCUT2D eigenvalue weighted by Gasteiger charge is 2.56. The molecular weight excluding hydrogens is 640 g/mol. The summed E-state index contributed by atoms with van der Waals surface area (Å²) >= 11 is 0.324. The average Bonchev–Trinajstić information content (AvgIpc) is 3.32. The molecule has 0 N–H and O–H groups in total. The second-order valence-electron chi connectivity index (χ2n) is 10.1. The van der Waals surface area contributed by atoms with Crippen molar-refractivity contribution in [3.8, 4) is 11.3 Å². The lowest BCUT2D eigenvalue weighted by atomic mass is 10.00. The van der Waals surface area contributed by atoms with Crippen molar-refractivity contribution in [1.29, 1.82) is 0 Å². The van der Waals surface area contributed by atoms with Crippen LogP contribution in [0.5, 0.6) is 0 Å². The molecule has 1 aromatic heterocycles. The Morgan fingerprint density at radius 2 is 1.56 bits per heavy atom. The number of fused-ring (bicyclic) bond motifs is 1. The third-order valence-corrected chi connectivity index (χ3v) is 7.09. The fraction of sp³-hybridized carbons (Fsp3) is 0.433. The average molecular weight is 671 g/mol. The van der Waals surface area contributed by atoms with Gasteiger partial charge in [-0.2, -0.15) is 17.6 Å². The molecule has 0 aliphatic heterocycles. The molecule has 0 amide bonds. The summed E-state index contributed by atoms with van der Waals surface area (Å²) in [5.74, 6) is -2.40. The maximum Gasteiger partial charge on any atom is 0.496 e. The molecule has 0 spiro atoms. The van der Waals surface area contributed by atoms with Crippen molar-refractivity contribution in [2.24, 2.45) is 0 Å². The maximum absolute atomic E-state index is 14.2. The van der Waals surface area contributed by atoms with Crippen LogP contribution in [0, 0.1) is 6.92 Å². The molecule has 15 heteroatoms. The summed E-state index contributed by atoms with van der Waals surface area (Å²) in [7, 11) is 0. The Bertz CT molecular complexity index is 1490. The van der Waals surface area contributed by atoms with E-state index in [1.165, 1.54) is 17.7 Å². The molecule has 0 saturated heterocycles. The van der Waals surface area contributed by atoms with E-state index in [2.05, 4.69) is 38.5 Å². The fourth-order valence-electron chi connectivity index (χ4n) is 4.00. The minimum Gasteiger partial charge on any atom is -0.456 e. The highest BCUT2D eigenvalue weighted by molar-refractivity contribution is 7.99. The van der Waals surface area contributed by atoms with E-state index in [1.807, 2.05) is 19.1 Å². The van der Waals surface area contributed by atoms with Crippen molar-refractivity contribution >= 4 is 28.7 Å². The van der Waals surface area contributed by atoms with Gasteiger partial charge in [0.15, 0.2) is 6.61 Å². The number of unbranched alkanes of at least 4 members (excludes halogenated alkanes) is 2. The quantitative estimate of drug-likeness (QED) is 0.0354. The van der Waals surface area contributed by atoms with Crippen LogP contribution in [0.4, 0.5) is 35.1 Å². The first-order valence-electron chi connectivity index (χ1n) is 13.5. The number of esters is 1. The molecule has 248 valence electrons. The van der Waals surface area contributed by atoms with Gasteiger partial charge in [0.2, 0.25) is 0 Å². The van der Waals surface area contributed by atoms with Crippen molar-refractivity contribution in [3.63, 3.8) is 0 Å². The molecule has 2 aromatic carbocycles. The van der Waals surface area contributed by atoms with E-state index in [-0.39, 0.29) is 10.5 Å². The third-order valence-electron chi connectivity index (χ3n) is 6.02. The highest BCUT2D eigenvalue weighted by Crippen LogP contribution is 2.39. The second-order valence-corrected chi connectivity index (χ2v) is 11.1. The second kappa shape index (κ2) is 14.5. The van der Waals surface area contributed by atoms with Crippen molar-refractivity contribution < 1.29 is 63.3 Å². The summed E-state index contributed by atoms with van der Waals surface area (Å²) in [4.78, 5) is 11.3. The summed E-state index contributed by atoms with van der Waals surface area (Å²) < 4.78 is 129. The van der Waals surface area contributed by atoms with Crippen LogP contribution in [-0.4, -0.2) is 43.1 Å². The minimum atomic E-state index is -5.85. The molecule has 0 aliphatic rings. The first-order valence-corrected chi connectivity index (χ1v) is 14.5. The van der Waals surface area contributed by atoms with Gasteiger partial charge in [-0.1, -0.05) is 44.5 Å². The Kier molecular flexibility index (Phi) is 11.7. The number of hydrogen-bond donors (Lipinski definition) is 0. The number of carbonyl (C=O) groups is 1. The zero-order valence-electron chi connectivity index (χ0n) is 24.4. The summed E-state index contributed by atoms with van der Waals surface area (Å²) in [6.07, 6.45) is -17.2. The van der Waals surface area contributed by atoms with E-state index in [0.717, 1.165) is 43.7 Å². The smallest absolute Gasteiger partial charge is 0.456 e. The highest BCUT2D eigenvalue weighted by atomic mass is 32.2. The molecule has 0 atom stereocenters. The fourth-order valence-corrected chi connectivity index (χ4v) is 4.75. The van der Waals surface area contributed by atoms with Crippen molar-refractivity contribution in [2.75, 3.05) is 12.4 Å². The molecule has 0 saturated carbocycles. The molecule has 1 heterocycles. The zero-order valence-corrected chi connectivity index (χ0v) is 25.2. The predicted molar refractivity (Wildman–Crippen MR) is 149 cm³/mol. The Morgan fingerprint density at radius 1 is 0.889 bits per heavy atom. The number of alkyl halides is 8. The maximum atomic E-state index is 14.2. The number of thioether (sulfide) groups is 1. The number of carbonyl (C=O) groups excluding carboxylic acids is 1. The summed E-state index contributed by atoms with van der Waals surface area (Å²) in [5.41, 5.74) is 2.92. The predicted octanol–water partition coefficient (Wildman–Crippen LogP) is 9.69. The standard InChI is InChI=1S/C30H30F8O6S/c1-5-6-7-8-20-9-12-23(19(4)13-20)25-14-21-10-11-22(15-24(21)41-25)45-17-28(33,34)43-30(37,38)44-29(35,36)42-27(31,32)16-40-26(39)18(2)3/h9-15H,2,5-8,16-17H2,1,3-4H3. The van der Waals surface area contributed by atoms with Crippen LogP contribution >= 0.6 is 11.8 Å². The van der Waals surface area contributed by atoms with Gasteiger partial charge < -0.3 is 9.15 Å². The van der Waals surface area contributed by atoms with Gasteiger partial charge in [-0.15, -0.1) is 29.3 Å². The molecule has 45 heavy (non-hydrogen) atoms. The number of halogens is 8. The Balaban J connectivity index is 1.61. The summed E-state index contributed by atoms with van der Waals surface area (Å²) in [6, 6.07) is 12.1. The van der Waals surface area contributed by atoms with Crippen LogP contribution in [0.15, 0.2) is 63.9 Å². The molecule has 0 unspecified atom stereocenters. The van der Waals surface area contributed by atoms with Gasteiger partial charge in [-0.05, 0) is 62.1 Å². The largest absolute Gasteiger partial charge is 0.496 e. The zero-order chi connectivity index (χ0) is 33.6. The van der Waals surface area contributed by atoms with Gasteiger partial charge in [0, 0.05) is 21.4 Å². The van der Waals surface area contributed by atoms with Gasteiger partial charge in [0.05, 0.1) is 5.75 Å². The van der Waals surface area contributed by atoms with Crippen molar-refractivity contribution in [1.82, 2.24) is 0 Å². The van der Waals surface area contributed by atoms with Crippen LogP contribution in [0.3, 0.4) is 0 Å². The van der Waals surface area contributed by atoms with Crippen LogP contribution in [0.2, 0.25) is 0 Å². The van der Waals surface area contributed by atoms with Crippen LogP contribution in [0.1, 0.15) is 44.2 Å². The summed E-state index contributed by atoms with van der Waals surface area (Å²) in [5, 5.41) is 0.636. The van der Waals surface area contributed by atoms with E-state index in [0.29, 0.717) is 28.5 Å². The Hall–Kier alpha value is -3.14. The van der Waals surface area contributed by atoms with Gasteiger partial charge >= 0.3 is 30.8 Å². The topological polar surface area (TPSA) is 67.1 Å². The SMILES string of the molecule is C=C(C)C(=O)OCC(F)(F)OC(F)(F)OC(F)(F)OC(F)(F)CSc1ccc2cc(-c3ccc(CCCCC)cc3C)oc2c1. The van der Waals surface area contributed by atoms with Gasteiger partial charge in [-0.25, -0.2) is 19.0 Å². The van der Waals surface area contributed by atoms with Gasteiger partial charge in [-0.3, -0.25) is 0 Å². The molecule has 0 bridgehead atoms. The normalized spacial score (nSPS) is 13.0. The lowest BCUT2D eigenvalue weighted by Crippen LogP contribution is -2.46. The monoisotopic (exact) mass is 670 g/mol. The molecule has 3 aromatic rings. The first kappa shape index (κ1) is 36.3. The molecule has 3 rings (SSSR count). The lowest BCUT2D eigenvalue weighted by Gasteiger charge is -2.27.